The Labute approximate surface area is 318 Å². The van der Waals surface area contributed by atoms with E-state index in [1.54, 1.807) is 30.9 Å². The quantitative estimate of drug-likeness (QED) is 0.111. The molecule has 0 N–H and O–H groups in total. The predicted molar refractivity (Wildman–Crippen MR) is 199 cm³/mol. The zero-order chi connectivity index (χ0) is 40.5. The average Bonchev–Trinajstić information content (AvgIpc) is 3.15. The molecule has 0 aliphatic carbocycles. The van der Waals surface area contributed by atoms with Gasteiger partial charge in [-0.15, -0.1) is 6.58 Å². The molecule has 0 spiro atoms. The van der Waals surface area contributed by atoms with Crippen LogP contribution < -0.4 is 0 Å². The first-order valence-electron chi connectivity index (χ1n) is 16.5. The topological polar surface area (TPSA) is 107 Å². The molecule has 2 atom stereocenters. The lowest BCUT2D eigenvalue weighted by molar-refractivity contribution is -0.193. The number of benzene rings is 3. The number of carbonyl (C=O) groups excluding carboxylic acids is 5. The minimum absolute atomic E-state index is 0.0169. The highest BCUT2D eigenvalue weighted by Crippen LogP contribution is 2.38. The van der Waals surface area contributed by atoms with Crippen molar-refractivity contribution in [3.05, 3.63) is 144 Å². The van der Waals surface area contributed by atoms with E-state index >= 15 is 0 Å². The van der Waals surface area contributed by atoms with Crippen LogP contribution in [-0.2, 0) is 47.0 Å². The predicted octanol–water partition coefficient (Wildman–Crippen LogP) is 10.3. The van der Waals surface area contributed by atoms with Crippen LogP contribution in [0.5, 0.6) is 0 Å². The summed E-state index contributed by atoms with van der Waals surface area (Å²) in [6.45, 7) is 19.5. The van der Waals surface area contributed by atoms with Gasteiger partial charge in [0.25, 0.3) is 0 Å². The Morgan fingerprint density at radius 3 is 1.87 bits per heavy atom. The van der Waals surface area contributed by atoms with E-state index in [0.29, 0.717) is 24.0 Å². The molecule has 53 heavy (non-hydrogen) atoms. The minimum Gasteiger partial charge on any atom is -0.445 e. The molecule has 0 bridgehead atoms. The van der Waals surface area contributed by atoms with Crippen LogP contribution in [-0.4, -0.2) is 41.8 Å². The van der Waals surface area contributed by atoms with Gasteiger partial charge in [-0.3, -0.25) is 4.90 Å². The number of carbonyl (C=O) groups is 1. The molecular weight excluding hydrogens is 755 g/mol. The number of alkyl halides is 4. The summed E-state index contributed by atoms with van der Waals surface area (Å²) in [5, 5.41) is 0.948. The maximum Gasteiger partial charge on any atom is 0.416 e. The number of amides is 1. The Hall–Kier alpha value is -4.86. The van der Waals surface area contributed by atoms with Crippen LogP contribution in [0.4, 0.5) is 18.0 Å². The molecule has 0 saturated carbocycles. The zero-order valence-corrected chi connectivity index (χ0v) is 32.1. The summed E-state index contributed by atoms with van der Waals surface area (Å²) >= 11 is 3.28. The van der Waals surface area contributed by atoms with E-state index in [9.17, 15) is 18.0 Å². The average molecular weight is 803 g/mol. The van der Waals surface area contributed by atoms with Gasteiger partial charge in [0.2, 0.25) is 0 Å². The van der Waals surface area contributed by atoms with Gasteiger partial charge in [0, 0.05) is 11.9 Å². The fourth-order valence-corrected chi connectivity index (χ4v) is 5.18. The normalized spacial score (nSPS) is 11.8. The third-order valence-corrected chi connectivity index (χ3v) is 8.57. The number of allylic oxidation sites excluding steroid dienone is 1. The van der Waals surface area contributed by atoms with Crippen molar-refractivity contribution < 1.29 is 46.6 Å². The first-order chi connectivity index (χ1) is 25.1. The maximum absolute atomic E-state index is 13.8. The second-order valence-corrected chi connectivity index (χ2v) is 12.2. The van der Waals surface area contributed by atoms with Crippen molar-refractivity contribution in [3.63, 3.8) is 0 Å². The lowest BCUT2D eigenvalue weighted by atomic mass is 9.84. The summed E-state index contributed by atoms with van der Waals surface area (Å²) in [6, 6.07) is 22.7. The summed E-state index contributed by atoms with van der Waals surface area (Å²) in [6.07, 6.45) is -1.48. The van der Waals surface area contributed by atoms with Gasteiger partial charge in [-0.1, -0.05) is 132 Å². The molecule has 3 aromatic rings. The van der Waals surface area contributed by atoms with Crippen LogP contribution in [0, 0.1) is 6.92 Å². The van der Waals surface area contributed by atoms with Crippen LogP contribution in [0.3, 0.4) is 0 Å². The van der Waals surface area contributed by atoms with E-state index < -0.39 is 29.5 Å². The van der Waals surface area contributed by atoms with Crippen molar-refractivity contribution in [2.45, 2.75) is 71.4 Å². The first-order valence-corrected chi connectivity index (χ1v) is 17.6. The monoisotopic (exact) mass is 801 g/mol. The molecule has 12 heteroatoms. The van der Waals surface area contributed by atoms with E-state index in [2.05, 4.69) is 42.6 Å². The van der Waals surface area contributed by atoms with Crippen LogP contribution in [0.1, 0.15) is 74.0 Å². The third-order valence-electron chi connectivity index (χ3n) is 7.77. The molecule has 8 nitrogen and oxygen atoms in total. The Kier molecular flexibility index (Phi) is 23.6. The van der Waals surface area contributed by atoms with Crippen LogP contribution >= 0.6 is 15.9 Å². The molecule has 286 valence electrons. The second kappa shape index (κ2) is 26.0. The second-order valence-electron chi connectivity index (χ2n) is 11.6. The van der Waals surface area contributed by atoms with E-state index in [0.717, 1.165) is 40.6 Å². The molecule has 0 fully saturated rings. The van der Waals surface area contributed by atoms with Crippen LogP contribution in [0.15, 0.2) is 116 Å². The Morgan fingerprint density at radius 2 is 1.42 bits per heavy atom. The number of hydrogen-bond acceptors (Lipinski definition) is 7. The maximum atomic E-state index is 13.8. The summed E-state index contributed by atoms with van der Waals surface area (Å²) in [7, 11) is 0. The van der Waals surface area contributed by atoms with Crippen molar-refractivity contribution >= 4 is 34.3 Å². The van der Waals surface area contributed by atoms with E-state index in [1.165, 1.54) is 5.57 Å². The summed E-state index contributed by atoms with van der Waals surface area (Å²) in [5.41, 5.74) is 2.78. The molecule has 0 heterocycles. The molecule has 0 aliphatic heterocycles. The molecule has 1 amide bonds. The van der Waals surface area contributed by atoms with E-state index in [4.69, 9.17) is 28.7 Å². The van der Waals surface area contributed by atoms with Crippen molar-refractivity contribution in [3.8, 4) is 0 Å². The Bertz CT molecular complexity index is 1620. The van der Waals surface area contributed by atoms with Gasteiger partial charge in [0.05, 0.1) is 23.8 Å². The van der Waals surface area contributed by atoms with Crippen molar-refractivity contribution in [1.29, 1.82) is 0 Å². The highest BCUT2D eigenvalue weighted by molar-refractivity contribution is 9.09. The fraction of sp³-hybridized carbons (Fsp3) is 0.341. The lowest BCUT2D eigenvalue weighted by Gasteiger charge is -2.44. The molecule has 0 radical (unpaired) electrons. The van der Waals surface area contributed by atoms with Gasteiger partial charge in [0.15, 0.2) is 0 Å². The van der Waals surface area contributed by atoms with E-state index in [1.807, 2.05) is 67.6 Å². The fourth-order valence-electron chi connectivity index (χ4n) is 4.78. The summed E-state index contributed by atoms with van der Waals surface area (Å²) < 4.78 is 52.7. The highest BCUT2D eigenvalue weighted by atomic mass is 79.9. The SMILES string of the molecule is C=C(CC)CBr.C=CC[C@@](CO[C@H](C)c1cc(C)cc(C(F)(F)F)c1)(c1ccccc1)N(CC(=C)CC)C(=O)OCc1ccccc1.O=C=O.O=C=O. The van der Waals surface area contributed by atoms with Crippen LogP contribution in [0.25, 0.3) is 0 Å². The van der Waals surface area contributed by atoms with E-state index in [-0.39, 0.29) is 32.1 Å². The number of ether oxygens (including phenoxy) is 2. The van der Waals surface area contributed by atoms with Crippen molar-refractivity contribution in [2.24, 2.45) is 0 Å². The number of nitrogens with zero attached hydrogens (tertiary/aromatic N) is 1. The number of aryl methyl sites for hydroxylation is 1. The Balaban J connectivity index is 0.00000196. The first kappa shape index (κ1) is 48.1. The third kappa shape index (κ3) is 17.5. The van der Waals surface area contributed by atoms with Gasteiger partial charge in [-0.2, -0.15) is 32.3 Å². The zero-order valence-electron chi connectivity index (χ0n) is 30.5. The number of halogens is 4. The lowest BCUT2D eigenvalue weighted by Crippen LogP contribution is -2.53. The number of hydrogen-bond donors (Lipinski definition) is 0. The molecule has 3 aromatic carbocycles. The molecular formula is C41H47BrF3NO7. The number of rotatable bonds is 15. The van der Waals surface area contributed by atoms with Crippen LogP contribution in [0.2, 0.25) is 0 Å². The van der Waals surface area contributed by atoms with Crippen molar-refractivity contribution in [2.75, 3.05) is 18.5 Å². The molecule has 0 saturated heterocycles. The Morgan fingerprint density at radius 1 is 0.887 bits per heavy atom. The molecule has 0 aliphatic rings. The highest BCUT2D eigenvalue weighted by Gasteiger charge is 2.42. The molecule has 0 aromatic heterocycles. The van der Waals surface area contributed by atoms with Gasteiger partial charge < -0.3 is 9.47 Å². The summed E-state index contributed by atoms with van der Waals surface area (Å²) in [4.78, 5) is 47.9. The largest absolute Gasteiger partial charge is 0.445 e. The summed E-state index contributed by atoms with van der Waals surface area (Å²) in [5.74, 6) is 0. The van der Waals surface area contributed by atoms with Gasteiger partial charge in [-0.25, -0.2) is 4.79 Å². The molecule has 0 unspecified atom stereocenters. The van der Waals surface area contributed by atoms with Gasteiger partial charge >= 0.3 is 24.6 Å². The standard InChI is InChI=1S/C34H38F3NO3.C5H9Br.2CO2/c1-6-18-33(30-16-12-9-13-17-30,24-41-27(5)29-19-26(4)20-31(21-29)34(35,36)37)38(22-25(3)7-2)32(39)40-23-28-14-10-8-11-15-28;1-3-5(2)4-6;2*2-1-3/h6,8-17,19-21,27H,1,3,7,18,22-24H2,2,4-5H3;2-4H2,1H3;;/t27-,33-;;;/m1.../s1. The van der Waals surface area contributed by atoms with Gasteiger partial charge in [-0.05, 0) is 61.9 Å². The molecule has 3 rings (SSSR count). The minimum atomic E-state index is -4.48. The van der Waals surface area contributed by atoms with Gasteiger partial charge in [0.1, 0.15) is 6.61 Å². The van der Waals surface area contributed by atoms with Crippen molar-refractivity contribution in [1.82, 2.24) is 4.90 Å². The smallest absolute Gasteiger partial charge is 0.416 e.